The molecule has 1 aromatic heterocycles. The number of hydrogen-bond donors (Lipinski definition) is 0. The molecule has 0 aliphatic carbocycles. The van der Waals surface area contributed by atoms with Crippen molar-refractivity contribution in [1.82, 2.24) is 9.80 Å². The van der Waals surface area contributed by atoms with Gasteiger partial charge in [-0.3, -0.25) is 9.80 Å². The molecule has 4 rings (SSSR count). The Morgan fingerprint density at radius 2 is 1.70 bits per heavy atom. The molecule has 0 atom stereocenters. The Morgan fingerprint density at radius 3 is 2.33 bits per heavy atom. The van der Waals surface area contributed by atoms with Crippen LogP contribution in [0.3, 0.4) is 0 Å². The van der Waals surface area contributed by atoms with E-state index >= 15 is 0 Å². The van der Waals surface area contributed by atoms with E-state index < -0.39 is 0 Å². The molecule has 27 heavy (non-hydrogen) atoms. The second-order valence-electron chi connectivity index (χ2n) is 10.8. The molecule has 0 amide bonds. The largest absolute Gasteiger partial charge is 0.464 e. The summed E-state index contributed by atoms with van der Waals surface area (Å²) in [7, 11) is 0. The van der Waals surface area contributed by atoms with Gasteiger partial charge in [0.2, 0.25) is 0 Å². The second-order valence-corrected chi connectivity index (χ2v) is 10.8. The van der Waals surface area contributed by atoms with Crippen molar-refractivity contribution in [2.24, 2.45) is 5.92 Å². The van der Waals surface area contributed by atoms with E-state index in [1.165, 1.54) is 54.6 Å². The van der Waals surface area contributed by atoms with Crippen molar-refractivity contribution in [3.05, 3.63) is 35.1 Å². The second kappa shape index (κ2) is 6.63. The van der Waals surface area contributed by atoms with Gasteiger partial charge in [0, 0.05) is 41.7 Å². The van der Waals surface area contributed by atoms with Crippen LogP contribution in [0.25, 0.3) is 11.0 Å². The quantitative estimate of drug-likeness (QED) is 0.692. The first-order chi connectivity index (χ1) is 12.6. The third kappa shape index (κ3) is 3.69. The smallest absolute Gasteiger partial charge is 0.138 e. The van der Waals surface area contributed by atoms with Gasteiger partial charge in [-0.15, -0.1) is 0 Å². The van der Waals surface area contributed by atoms with Gasteiger partial charge >= 0.3 is 0 Å². The van der Waals surface area contributed by atoms with Crippen LogP contribution in [0.1, 0.15) is 71.1 Å². The van der Waals surface area contributed by atoms with Crippen LogP contribution in [0.5, 0.6) is 0 Å². The number of furan rings is 1. The van der Waals surface area contributed by atoms with Crippen molar-refractivity contribution in [2.45, 2.75) is 78.4 Å². The summed E-state index contributed by atoms with van der Waals surface area (Å²) < 4.78 is 6.07. The Bertz CT molecular complexity index is 813. The molecule has 2 aliphatic heterocycles. The molecule has 0 spiro atoms. The molecular formula is C24H36N2O. The Labute approximate surface area is 164 Å². The van der Waals surface area contributed by atoms with Gasteiger partial charge in [-0.1, -0.05) is 32.9 Å². The zero-order chi connectivity index (χ0) is 19.4. The Balaban J connectivity index is 1.44. The predicted octanol–water partition coefficient (Wildman–Crippen LogP) is 5.56. The van der Waals surface area contributed by atoms with Gasteiger partial charge < -0.3 is 4.42 Å². The van der Waals surface area contributed by atoms with Crippen LogP contribution >= 0.6 is 0 Å². The number of rotatable bonds is 2. The zero-order valence-electron chi connectivity index (χ0n) is 18.1. The van der Waals surface area contributed by atoms with E-state index in [0.29, 0.717) is 5.54 Å². The summed E-state index contributed by atoms with van der Waals surface area (Å²) >= 11 is 0. The lowest BCUT2D eigenvalue weighted by atomic mass is 9.86. The maximum Gasteiger partial charge on any atom is 0.138 e. The molecule has 2 aromatic rings. The molecule has 1 aromatic carbocycles. The normalized spacial score (nSPS) is 20.5. The van der Waals surface area contributed by atoms with Gasteiger partial charge in [0.15, 0.2) is 0 Å². The summed E-state index contributed by atoms with van der Waals surface area (Å²) in [5, 5.41) is 1.31. The number of nitrogens with zero attached hydrogens (tertiary/aromatic N) is 2. The molecule has 0 saturated carbocycles. The van der Waals surface area contributed by atoms with Gasteiger partial charge in [-0.2, -0.15) is 0 Å². The highest BCUT2D eigenvalue weighted by Crippen LogP contribution is 2.38. The van der Waals surface area contributed by atoms with Crippen molar-refractivity contribution in [3.63, 3.8) is 0 Å². The maximum absolute atomic E-state index is 6.07. The first-order valence-electron chi connectivity index (χ1n) is 10.6. The SMILES string of the molecule is CC(C)(C)c1coc2c3c(ccc12)CN(CC1CCN(C(C)(C)C)CC1)C3. The number of hydrogen-bond acceptors (Lipinski definition) is 3. The number of fused-ring (bicyclic) bond motifs is 3. The van der Waals surface area contributed by atoms with Crippen LogP contribution < -0.4 is 0 Å². The summed E-state index contributed by atoms with van der Waals surface area (Å²) in [4.78, 5) is 5.28. The average molecular weight is 369 g/mol. The lowest BCUT2D eigenvalue weighted by molar-refractivity contribution is 0.0740. The van der Waals surface area contributed by atoms with Crippen molar-refractivity contribution in [3.8, 4) is 0 Å². The van der Waals surface area contributed by atoms with E-state index in [9.17, 15) is 0 Å². The van der Waals surface area contributed by atoms with E-state index in [1.807, 2.05) is 6.26 Å². The van der Waals surface area contributed by atoms with Gasteiger partial charge in [-0.25, -0.2) is 0 Å². The fourth-order valence-electron chi connectivity index (χ4n) is 4.90. The Morgan fingerprint density at radius 1 is 1.00 bits per heavy atom. The summed E-state index contributed by atoms with van der Waals surface area (Å²) in [5.41, 5.74) is 5.78. The minimum absolute atomic E-state index is 0.124. The van der Waals surface area contributed by atoms with Crippen molar-refractivity contribution < 1.29 is 4.42 Å². The fraction of sp³-hybridized carbons (Fsp3) is 0.667. The van der Waals surface area contributed by atoms with Gasteiger partial charge in [0.05, 0.1) is 6.26 Å². The van der Waals surface area contributed by atoms with E-state index in [0.717, 1.165) is 24.6 Å². The Kier molecular flexibility index (Phi) is 4.67. The van der Waals surface area contributed by atoms with E-state index in [4.69, 9.17) is 4.42 Å². The predicted molar refractivity (Wildman–Crippen MR) is 113 cm³/mol. The molecule has 3 nitrogen and oxygen atoms in total. The number of likely N-dealkylation sites (tertiary alicyclic amines) is 1. The first kappa shape index (κ1) is 19.0. The third-order valence-corrected chi connectivity index (χ3v) is 6.61. The molecule has 0 radical (unpaired) electrons. The topological polar surface area (TPSA) is 19.6 Å². The van der Waals surface area contributed by atoms with Crippen LogP contribution in [-0.4, -0.2) is 35.0 Å². The van der Waals surface area contributed by atoms with Crippen LogP contribution in [0.15, 0.2) is 22.8 Å². The summed E-state index contributed by atoms with van der Waals surface area (Å²) in [5.74, 6) is 0.829. The Hall–Kier alpha value is -1.32. The van der Waals surface area contributed by atoms with Crippen LogP contribution in [0.2, 0.25) is 0 Å². The highest BCUT2D eigenvalue weighted by atomic mass is 16.3. The van der Waals surface area contributed by atoms with Crippen molar-refractivity contribution in [2.75, 3.05) is 19.6 Å². The van der Waals surface area contributed by atoms with Gasteiger partial charge in [-0.05, 0) is 63.6 Å². The van der Waals surface area contributed by atoms with E-state index in [-0.39, 0.29) is 5.41 Å². The number of piperidine rings is 1. The summed E-state index contributed by atoms with van der Waals surface area (Å²) in [6, 6.07) is 4.62. The van der Waals surface area contributed by atoms with E-state index in [1.54, 1.807) is 0 Å². The van der Waals surface area contributed by atoms with Crippen molar-refractivity contribution in [1.29, 1.82) is 0 Å². The lowest BCUT2D eigenvalue weighted by Crippen LogP contribution is -2.47. The highest BCUT2D eigenvalue weighted by Gasteiger charge is 2.31. The fourth-order valence-corrected chi connectivity index (χ4v) is 4.90. The first-order valence-corrected chi connectivity index (χ1v) is 10.6. The van der Waals surface area contributed by atoms with Crippen LogP contribution in [0.4, 0.5) is 0 Å². The number of benzene rings is 1. The van der Waals surface area contributed by atoms with E-state index in [2.05, 4.69) is 63.5 Å². The molecular weight excluding hydrogens is 332 g/mol. The van der Waals surface area contributed by atoms with Crippen LogP contribution in [0, 0.1) is 5.92 Å². The minimum Gasteiger partial charge on any atom is -0.464 e. The summed E-state index contributed by atoms with van der Waals surface area (Å²) in [6.45, 7) is 19.6. The molecule has 0 bridgehead atoms. The molecule has 0 N–H and O–H groups in total. The molecule has 2 aliphatic rings. The standard InChI is InChI=1S/C24H36N2O/c1-23(2,3)21-16-27-22-19(21)8-7-18-14-25(15-20(18)22)13-17-9-11-26(12-10-17)24(4,5)6/h7-8,16-17H,9-15H2,1-6H3. The molecule has 3 heterocycles. The van der Waals surface area contributed by atoms with Gasteiger partial charge in [0.1, 0.15) is 5.58 Å². The molecule has 1 saturated heterocycles. The monoisotopic (exact) mass is 368 g/mol. The molecule has 3 heteroatoms. The third-order valence-electron chi connectivity index (χ3n) is 6.61. The minimum atomic E-state index is 0.124. The lowest BCUT2D eigenvalue weighted by Gasteiger charge is -2.41. The van der Waals surface area contributed by atoms with Gasteiger partial charge in [0.25, 0.3) is 0 Å². The maximum atomic E-state index is 6.07. The van der Waals surface area contributed by atoms with Crippen molar-refractivity contribution >= 4 is 11.0 Å². The zero-order valence-corrected chi connectivity index (χ0v) is 18.1. The highest BCUT2D eigenvalue weighted by molar-refractivity contribution is 5.86. The molecule has 0 unspecified atom stereocenters. The molecule has 1 fully saturated rings. The average Bonchev–Trinajstić information content (AvgIpc) is 3.16. The molecule has 148 valence electrons. The van der Waals surface area contributed by atoms with Crippen LogP contribution in [-0.2, 0) is 18.5 Å². The summed E-state index contributed by atoms with van der Waals surface area (Å²) in [6.07, 6.45) is 4.64.